The van der Waals surface area contributed by atoms with Crippen molar-refractivity contribution < 1.29 is 22.1 Å². The van der Waals surface area contributed by atoms with Crippen molar-refractivity contribution in [1.29, 1.82) is 0 Å². The quantitative estimate of drug-likeness (QED) is 0.487. The first-order chi connectivity index (χ1) is 12.9. The van der Waals surface area contributed by atoms with Gasteiger partial charge in [0.25, 0.3) is 0 Å². The fraction of sp³-hybridized carbons (Fsp3) is 0.250. The van der Waals surface area contributed by atoms with E-state index in [0.29, 0.717) is 19.7 Å². The van der Waals surface area contributed by atoms with Gasteiger partial charge in [-0.25, -0.2) is 0 Å². The number of carbonyl (C=O) groups is 1. The van der Waals surface area contributed by atoms with Crippen molar-refractivity contribution in [2.24, 2.45) is 0 Å². The minimum Gasteiger partial charge on any atom is -0.383 e. The van der Waals surface area contributed by atoms with Crippen LogP contribution in [-0.2, 0) is 26.2 Å². The van der Waals surface area contributed by atoms with E-state index >= 15 is 0 Å². The van der Waals surface area contributed by atoms with E-state index in [2.05, 4.69) is 0 Å². The Morgan fingerprint density at radius 1 is 1.07 bits per heavy atom. The molecule has 2 rings (SSSR count). The summed E-state index contributed by atoms with van der Waals surface area (Å²) in [6.45, 7) is 1.23. The topological polar surface area (TPSA) is 72.9 Å². The van der Waals surface area contributed by atoms with Crippen molar-refractivity contribution in [3.8, 4) is 5.75 Å². The summed E-state index contributed by atoms with van der Waals surface area (Å²) < 4.78 is 32.2. The largest absolute Gasteiger partial charge is 0.383 e. The molecule has 0 aromatic heterocycles. The van der Waals surface area contributed by atoms with Crippen LogP contribution in [-0.4, -0.2) is 45.7 Å². The van der Waals surface area contributed by atoms with Crippen LogP contribution in [0.25, 0.3) is 6.08 Å². The molecule has 144 valence electrons. The maximum atomic E-state index is 12.6. The van der Waals surface area contributed by atoms with E-state index in [9.17, 15) is 13.2 Å². The lowest BCUT2D eigenvalue weighted by Crippen LogP contribution is -2.32. The maximum Gasteiger partial charge on any atom is 0.306 e. The molecule has 0 N–H and O–H groups in total. The van der Waals surface area contributed by atoms with Crippen LogP contribution in [0.15, 0.2) is 60.7 Å². The first kappa shape index (κ1) is 20.7. The molecule has 0 fully saturated rings. The third-order valence-corrected chi connectivity index (χ3v) is 4.13. The van der Waals surface area contributed by atoms with Crippen LogP contribution >= 0.6 is 0 Å². The number of hydrogen-bond donors (Lipinski definition) is 0. The molecule has 0 saturated heterocycles. The molecule has 0 aliphatic rings. The normalized spacial score (nSPS) is 11.5. The summed E-state index contributed by atoms with van der Waals surface area (Å²) in [4.78, 5) is 14.2. The first-order valence-corrected chi connectivity index (χ1v) is 10.2. The van der Waals surface area contributed by atoms with Gasteiger partial charge in [0, 0.05) is 26.3 Å². The van der Waals surface area contributed by atoms with Gasteiger partial charge in [-0.2, -0.15) is 8.42 Å². The number of rotatable bonds is 9. The van der Waals surface area contributed by atoms with Gasteiger partial charge in [0.1, 0.15) is 5.75 Å². The van der Waals surface area contributed by atoms with E-state index in [1.165, 1.54) is 6.08 Å². The van der Waals surface area contributed by atoms with E-state index in [1.807, 2.05) is 30.3 Å². The Hall–Kier alpha value is -2.64. The zero-order chi connectivity index (χ0) is 19.7. The lowest BCUT2D eigenvalue weighted by molar-refractivity contribution is -0.127. The van der Waals surface area contributed by atoms with Gasteiger partial charge >= 0.3 is 10.1 Å². The van der Waals surface area contributed by atoms with Crippen molar-refractivity contribution in [1.82, 2.24) is 4.90 Å². The number of carbonyl (C=O) groups excluding carboxylic acids is 1. The summed E-state index contributed by atoms with van der Waals surface area (Å²) in [6.07, 6.45) is 4.29. The van der Waals surface area contributed by atoms with Crippen LogP contribution in [0.3, 0.4) is 0 Å². The smallest absolute Gasteiger partial charge is 0.306 e. The minimum absolute atomic E-state index is 0.132. The van der Waals surface area contributed by atoms with E-state index in [1.54, 1.807) is 42.4 Å². The number of methoxy groups -OCH3 is 1. The Morgan fingerprint density at radius 3 is 2.33 bits per heavy atom. The van der Waals surface area contributed by atoms with Crippen LogP contribution < -0.4 is 4.18 Å². The van der Waals surface area contributed by atoms with Crippen molar-refractivity contribution in [3.63, 3.8) is 0 Å². The van der Waals surface area contributed by atoms with Crippen molar-refractivity contribution in [3.05, 3.63) is 71.8 Å². The first-order valence-electron chi connectivity index (χ1n) is 8.37. The highest BCUT2D eigenvalue weighted by Crippen LogP contribution is 2.15. The second kappa shape index (κ2) is 9.89. The molecule has 7 heteroatoms. The van der Waals surface area contributed by atoms with Gasteiger partial charge in [0.2, 0.25) is 5.91 Å². The molecule has 2 aromatic carbocycles. The third kappa shape index (κ3) is 7.64. The van der Waals surface area contributed by atoms with E-state index in [-0.39, 0.29) is 11.7 Å². The Labute approximate surface area is 160 Å². The van der Waals surface area contributed by atoms with Crippen molar-refractivity contribution in [2.45, 2.75) is 6.54 Å². The predicted octanol–water partition coefficient (Wildman–Crippen LogP) is 2.71. The summed E-state index contributed by atoms with van der Waals surface area (Å²) in [6, 6.07) is 16.2. The molecule has 0 unspecified atom stereocenters. The average molecular weight is 389 g/mol. The molecule has 2 aromatic rings. The Balaban J connectivity index is 2.06. The molecule has 0 atom stereocenters. The molecule has 0 aliphatic carbocycles. The molecule has 1 amide bonds. The highest BCUT2D eigenvalue weighted by atomic mass is 32.2. The molecule has 27 heavy (non-hydrogen) atoms. The van der Waals surface area contributed by atoms with Gasteiger partial charge in [-0.05, 0) is 29.3 Å². The zero-order valence-electron chi connectivity index (χ0n) is 15.4. The lowest BCUT2D eigenvalue weighted by atomic mass is 10.2. The number of hydrogen-bond acceptors (Lipinski definition) is 5. The zero-order valence-corrected chi connectivity index (χ0v) is 16.2. The van der Waals surface area contributed by atoms with Crippen molar-refractivity contribution >= 4 is 22.1 Å². The lowest BCUT2D eigenvalue weighted by Gasteiger charge is -2.21. The Kier molecular flexibility index (Phi) is 7.57. The predicted molar refractivity (Wildman–Crippen MR) is 105 cm³/mol. The highest BCUT2D eigenvalue weighted by Gasteiger charge is 2.12. The second-order valence-electron chi connectivity index (χ2n) is 5.93. The highest BCUT2D eigenvalue weighted by molar-refractivity contribution is 7.86. The van der Waals surface area contributed by atoms with Gasteiger partial charge in [-0.3, -0.25) is 4.79 Å². The summed E-state index contributed by atoms with van der Waals surface area (Å²) >= 11 is 0. The Morgan fingerprint density at radius 2 is 1.74 bits per heavy atom. The summed E-state index contributed by atoms with van der Waals surface area (Å²) in [5, 5.41) is 0. The fourth-order valence-electron chi connectivity index (χ4n) is 2.35. The molecule has 0 aliphatic heterocycles. The van der Waals surface area contributed by atoms with Gasteiger partial charge in [0.15, 0.2) is 0 Å². The van der Waals surface area contributed by atoms with E-state index < -0.39 is 10.1 Å². The fourth-order valence-corrected chi connectivity index (χ4v) is 2.81. The third-order valence-electron chi connectivity index (χ3n) is 3.64. The average Bonchev–Trinajstić information content (AvgIpc) is 2.64. The molecule has 0 radical (unpaired) electrons. The van der Waals surface area contributed by atoms with E-state index in [4.69, 9.17) is 8.92 Å². The molecule has 0 heterocycles. The summed E-state index contributed by atoms with van der Waals surface area (Å²) in [5.74, 6) is 0.104. The Bertz CT molecular complexity index is 861. The summed E-state index contributed by atoms with van der Waals surface area (Å²) in [7, 11) is -1.98. The number of benzene rings is 2. The monoisotopic (exact) mass is 389 g/mol. The summed E-state index contributed by atoms with van der Waals surface area (Å²) in [5.41, 5.74) is 1.80. The SMILES string of the molecule is COCCN(Cc1ccc(OS(C)(=O)=O)cc1)C(=O)C=Cc1ccccc1. The molecule has 6 nitrogen and oxygen atoms in total. The maximum absolute atomic E-state index is 12.6. The minimum atomic E-state index is -3.56. The van der Waals surface area contributed by atoms with Crippen LogP contribution in [0, 0.1) is 0 Å². The molecule has 0 saturated carbocycles. The van der Waals surface area contributed by atoms with Crippen LogP contribution in [0.2, 0.25) is 0 Å². The number of nitrogens with zero attached hydrogens (tertiary/aromatic N) is 1. The number of ether oxygens (including phenoxy) is 1. The molecule has 0 bridgehead atoms. The molecular formula is C20H23NO5S. The number of amides is 1. The van der Waals surface area contributed by atoms with Crippen LogP contribution in [0.1, 0.15) is 11.1 Å². The molecular weight excluding hydrogens is 366 g/mol. The van der Waals surface area contributed by atoms with Crippen LogP contribution in [0.5, 0.6) is 5.75 Å². The standard InChI is InChI=1S/C20H23NO5S/c1-25-15-14-21(20(22)13-10-17-6-4-3-5-7-17)16-18-8-11-19(12-9-18)26-27(2,23)24/h3-13H,14-16H2,1-2H3. The van der Waals surface area contributed by atoms with Gasteiger partial charge in [0.05, 0.1) is 12.9 Å². The van der Waals surface area contributed by atoms with E-state index in [0.717, 1.165) is 17.4 Å². The van der Waals surface area contributed by atoms with Gasteiger partial charge in [-0.15, -0.1) is 0 Å². The van der Waals surface area contributed by atoms with Crippen LogP contribution in [0.4, 0.5) is 0 Å². The van der Waals surface area contributed by atoms with Gasteiger partial charge < -0.3 is 13.8 Å². The van der Waals surface area contributed by atoms with Gasteiger partial charge in [-0.1, -0.05) is 42.5 Å². The molecule has 0 spiro atoms. The van der Waals surface area contributed by atoms with Crippen molar-refractivity contribution in [2.75, 3.05) is 26.5 Å². The second-order valence-corrected chi connectivity index (χ2v) is 7.50.